The molecule has 0 bridgehead atoms. The molecule has 3 heteroatoms. The summed E-state index contributed by atoms with van der Waals surface area (Å²) in [4.78, 5) is 10.0. The van der Waals surface area contributed by atoms with E-state index in [-0.39, 0.29) is 0 Å². The Balaban J connectivity index is 3.82. The van der Waals surface area contributed by atoms with Crippen LogP contribution in [0.5, 0.6) is 0 Å². The number of hydrogen-bond acceptors (Lipinski definition) is 1. The fourth-order valence-electron chi connectivity index (χ4n) is 0.113. The van der Waals surface area contributed by atoms with Gasteiger partial charge in [0.25, 0.3) is 5.24 Å². The number of halogens is 2. The summed E-state index contributed by atoms with van der Waals surface area (Å²) in [6, 6.07) is 0. The first kappa shape index (κ1) is 7.18. The topological polar surface area (TPSA) is 17.1 Å². The van der Waals surface area contributed by atoms with Gasteiger partial charge in [0.15, 0.2) is 0 Å². The second kappa shape index (κ2) is 3.22. The smallest absolute Gasteiger partial charge is 0.259 e. The van der Waals surface area contributed by atoms with Gasteiger partial charge >= 0.3 is 0 Å². The van der Waals surface area contributed by atoms with E-state index in [2.05, 4.69) is 15.9 Å². The molecule has 0 saturated heterocycles. The maximum Gasteiger partial charge on any atom is 0.259 e. The number of carbonyl (C=O) groups is 1. The van der Waals surface area contributed by atoms with Gasteiger partial charge in [0.2, 0.25) is 0 Å². The van der Waals surface area contributed by atoms with Gasteiger partial charge < -0.3 is 0 Å². The number of rotatable bonds is 1. The third-order valence-electron chi connectivity index (χ3n) is 0.441. The van der Waals surface area contributed by atoms with Gasteiger partial charge in [-0.1, -0.05) is 6.08 Å². The third kappa shape index (κ3) is 2.83. The van der Waals surface area contributed by atoms with Crippen LogP contribution in [0.25, 0.3) is 0 Å². The SMILES string of the molecule is CC=C(Br)C(=O)Cl. The quantitative estimate of drug-likeness (QED) is 0.449. The van der Waals surface area contributed by atoms with Gasteiger partial charge in [-0.05, 0) is 34.5 Å². The molecule has 0 spiro atoms. The Hall–Kier alpha value is 0.180. The van der Waals surface area contributed by atoms with E-state index in [0.717, 1.165) is 0 Å². The van der Waals surface area contributed by atoms with Crippen LogP contribution in [0, 0.1) is 0 Å². The summed E-state index contributed by atoms with van der Waals surface area (Å²) in [7, 11) is 0. The molecule has 0 atom stereocenters. The molecule has 0 amide bonds. The highest BCUT2D eigenvalue weighted by Crippen LogP contribution is 2.06. The van der Waals surface area contributed by atoms with Crippen LogP contribution in [0.4, 0.5) is 0 Å². The lowest BCUT2D eigenvalue weighted by Gasteiger charge is -1.79. The highest BCUT2D eigenvalue weighted by atomic mass is 79.9. The second-order valence-corrected chi connectivity index (χ2v) is 2.11. The molecule has 0 rings (SSSR count). The molecule has 40 valence electrons. The first-order valence-corrected chi connectivity index (χ1v) is 2.87. The van der Waals surface area contributed by atoms with Crippen molar-refractivity contribution in [3.8, 4) is 0 Å². The van der Waals surface area contributed by atoms with Crippen LogP contribution in [-0.4, -0.2) is 5.24 Å². The summed E-state index contributed by atoms with van der Waals surface area (Å²) in [5.74, 6) is 0. The van der Waals surface area contributed by atoms with Crippen molar-refractivity contribution in [3.05, 3.63) is 10.6 Å². The van der Waals surface area contributed by atoms with E-state index >= 15 is 0 Å². The van der Waals surface area contributed by atoms with E-state index in [1.807, 2.05) is 0 Å². The van der Waals surface area contributed by atoms with E-state index in [0.29, 0.717) is 4.48 Å². The number of carbonyl (C=O) groups excluding carboxylic acids is 1. The van der Waals surface area contributed by atoms with E-state index in [9.17, 15) is 4.79 Å². The molecular formula is C4H4BrClO. The van der Waals surface area contributed by atoms with E-state index in [1.54, 1.807) is 13.0 Å². The first-order valence-electron chi connectivity index (χ1n) is 1.70. The molecule has 0 aromatic heterocycles. The fraction of sp³-hybridized carbons (Fsp3) is 0.250. The minimum absolute atomic E-state index is 0.411. The molecule has 1 nitrogen and oxygen atoms in total. The molecule has 0 aliphatic heterocycles. The summed E-state index contributed by atoms with van der Waals surface area (Å²) < 4.78 is 0.411. The lowest BCUT2D eigenvalue weighted by atomic mass is 10.6. The molecule has 0 aliphatic carbocycles. The van der Waals surface area contributed by atoms with Gasteiger partial charge in [0, 0.05) is 0 Å². The van der Waals surface area contributed by atoms with Crippen molar-refractivity contribution in [1.29, 1.82) is 0 Å². The van der Waals surface area contributed by atoms with Crippen molar-refractivity contribution >= 4 is 32.8 Å². The van der Waals surface area contributed by atoms with Crippen molar-refractivity contribution < 1.29 is 4.79 Å². The van der Waals surface area contributed by atoms with Crippen LogP contribution in [0.1, 0.15) is 6.92 Å². The van der Waals surface area contributed by atoms with Gasteiger partial charge in [-0.15, -0.1) is 0 Å². The summed E-state index contributed by atoms with van der Waals surface area (Å²) in [6.07, 6.45) is 1.59. The molecule has 0 unspecified atom stereocenters. The van der Waals surface area contributed by atoms with Gasteiger partial charge in [0.1, 0.15) is 0 Å². The Labute approximate surface area is 55.5 Å². The summed E-state index contributed by atoms with van der Waals surface area (Å²) in [5, 5.41) is -0.456. The predicted octanol–water partition coefficient (Wildman–Crippen LogP) is 2.05. The lowest BCUT2D eigenvalue weighted by Crippen LogP contribution is -1.80. The maximum atomic E-state index is 10.0. The normalized spacial score (nSPS) is 11.6. The number of allylic oxidation sites excluding steroid dienone is 2. The highest BCUT2D eigenvalue weighted by Gasteiger charge is 1.95. The third-order valence-corrected chi connectivity index (χ3v) is 1.69. The summed E-state index contributed by atoms with van der Waals surface area (Å²) in [6.45, 7) is 1.73. The summed E-state index contributed by atoms with van der Waals surface area (Å²) >= 11 is 7.90. The average molecular weight is 183 g/mol. The monoisotopic (exact) mass is 182 g/mol. The zero-order valence-corrected chi connectivity index (χ0v) is 6.08. The average Bonchev–Trinajstić information content (AvgIpc) is 1.65. The minimum atomic E-state index is -0.456. The maximum absolute atomic E-state index is 10.0. The Morgan fingerprint density at radius 3 is 2.29 bits per heavy atom. The largest absolute Gasteiger partial charge is 0.275 e. The molecule has 0 aromatic rings. The van der Waals surface area contributed by atoms with Crippen molar-refractivity contribution in [2.45, 2.75) is 6.92 Å². The summed E-state index contributed by atoms with van der Waals surface area (Å²) in [5.41, 5.74) is 0. The zero-order valence-electron chi connectivity index (χ0n) is 3.74. The predicted molar refractivity (Wildman–Crippen MR) is 33.5 cm³/mol. The van der Waals surface area contributed by atoms with Crippen LogP contribution in [0.2, 0.25) is 0 Å². The van der Waals surface area contributed by atoms with Crippen molar-refractivity contribution in [3.63, 3.8) is 0 Å². The van der Waals surface area contributed by atoms with Crippen LogP contribution in [0.15, 0.2) is 10.6 Å². The molecule has 0 radical (unpaired) electrons. The second-order valence-electron chi connectivity index (χ2n) is 0.910. The van der Waals surface area contributed by atoms with Crippen LogP contribution >= 0.6 is 27.5 Å². The van der Waals surface area contributed by atoms with Gasteiger partial charge in [-0.2, -0.15) is 0 Å². The Bertz CT molecular complexity index is 108. The molecule has 0 saturated carbocycles. The lowest BCUT2D eigenvalue weighted by molar-refractivity contribution is -0.107. The molecular weight excluding hydrogens is 179 g/mol. The molecule has 0 aliphatic rings. The molecule has 0 N–H and O–H groups in total. The van der Waals surface area contributed by atoms with E-state index < -0.39 is 5.24 Å². The van der Waals surface area contributed by atoms with Crippen LogP contribution in [-0.2, 0) is 4.79 Å². The van der Waals surface area contributed by atoms with E-state index in [1.165, 1.54) is 0 Å². The molecule has 7 heavy (non-hydrogen) atoms. The first-order chi connectivity index (χ1) is 3.18. The van der Waals surface area contributed by atoms with Crippen LogP contribution in [0.3, 0.4) is 0 Å². The zero-order chi connectivity index (χ0) is 5.86. The standard InChI is InChI=1S/C4H4BrClO/c1-2-3(5)4(6)7/h2H,1H3. The van der Waals surface area contributed by atoms with Crippen LogP contribution < -0.4 is 0 Å². The Morgan fingerprint density at radius 1 is 1.86 bits per heavy atom. The molecule has 0 heterocycles. The van der Waals surface area contributed by atoms with Gasteiger partial charge in [0.05, 0.1) is 4.48 Å². The van der Waals surface area contributed by atoms with Crippen molar-refractivity contribution in [2.75, 3.05) is 0 Å². The van der Waals surface area contributed by atoms with Gasteiger partial charge in [-0.25, -0.2) is 0 Å². The Morgan fingerprint density at radius 2 is 2.29 bits per heavy atom. The molecule has 0 aromatic carbocycles. The van der Waals surface area contributed by atoms with Crippen molar-refractivity contribution in [1.82, 2.24) is 0 Å². The van der Waals surface area contributed by atoms with E-state index in [4.69, 9.17) is 11.6 Å². The van der Waals surface area contributed by atoms with Crippen molar-refractivity contribution in [2.24, 2.45) is 0 Å². The number of hydrogen-bond donors (Lipinski definition) is 0. The fourth-order valence-corrected chi connectivity index (χ4v) is 0.223. The molecule has 0 fully saturated rings. The van der Waals surface area contributed by atoms with Gasteiger partial charge in [-0.3, -0.25) is 4.79 Å². The minimum Gasteiger partial charge on any atom is -0.275 e. The Kier molecular flexibility index (Phi) is 3.30. The highest BCUT2D eigenvalue weighted by molar-refractivity contribution is 9.12.